The number of unbranched alkanes of at least 4 members (excludes halogenated alkanes) is 5. The van der Waals surface area contributed by atoms with E-state index in [1.54, 1.807) is 6.07 Å². The first-order chi connectivity index (χ1) is 17.5. The highest BCUT2D eigenvalue weighted by Gasteiger charge is 2.27. The minimum atomic E-state index is -1.04. The Morgan fingerprint density at radius 2 is 1.25 bits per heavy atom. The number of hydrogen-bond acceptors (Lipinski definition) is 2. The quantitative estimate of drug-likeness (QED) is 0.186. The Balaban J connectivity index is 1.41. The second-order valence-corrected chi connectivity index (χ2v) is 11.7. The first-order valence-electron chi connectivity index (χ1n) is 15.2. The molecule has 0 unspecified atom stereocenters. The summed E-state index contributed by atoms with van der Waals surface area (Å²) < 4.78 is 35.3. The largest absolute Gasteiger partial charge is 0.459 e. The van der Waals surface area contributed by atoms with E-state index < -0.39 is 17.6 Å². The molecule has 0 amide bonds. The van der Waals surface area contributed by atoms with E-state index in [4.69, 9.17) is 4.74 Å². The Morgan fingerprint density at radius 1 is 0.722 bits per heavy atom. The van der Waals surface area contributed by atoms with Crippen LogP contribution in [0.5, 0.6) is 0 Å². The fraction of sp³-hybridized carbons (Fsp3) is 0.781. The molecule has 0 heterocycles. The van der Waals surface area contributed by atoms with Crippen LogP contribution in [0, 0.1) is 29.4 Å². The van der Waals surface area contributed by atoms with Gasteiger partial charge < -0.3 is 4.74 Å². The van der Waals surface area contributed by atoms with Crippen molar-refractivity contribution in [3.8, 4) is 0 Å². The predicted octanol–water partition coefficient (Wildman–Crippen LogP) is 9.97. The lowest BCUT2D eigenvalue weighted by atomic mass is 9.77. The van der Waals surface area contributed by atoms with Gasteiger partial charge in [-0.15, -0.1) is 0 Å². The summed E-state index contributed by atoms with van der Waals surface area (Å²) in [6.45, 7) is 4.47. The van der Waals surface area contributed by atoms with Crippen LogP contribution in [0.2, 0.25) is 0 Å². The highest BCUT2D eigenvalue weighted by molar-refractivity contribution is 5.90. The van der Waals surface area contributed by atoms with Gasteiger partial charge in [0.2, 0.25) is 0 Å². The van der Waals surface area contributed by atoms with Crippen molar-refractivity contribution in [3.05, 3.63) is 34.9 Å². The van der Waals surface area contributed by atoms with Crippen LogP contribution in [0.15, 0.2) is 12.1 Å². The van der Waals surface area contributed by atoms with E-state index in [1.165, 1.54) is 89.5 Å². The molecule has 36 heavy (non-hydrogen) atoms. The standard InChI is InChI=1S/C32H50F2O2/c1-3-5-7-9-11-25-17-21-28(22-18-25)36-32(35)29-23-20-27(30(33)31(29)34)19-16-26-14-12-24(13-15-26)10-8-6-4-2/h20,23-26,28H,3-19,21-22H2,1-2H3/t24-,25-,26-,28-. The van der Waals surface area contributed by atoms with Crippen LogP contribution in [0.25, 0.3) is 0 Å². The summed E-state index contributed by atoms with van der Waals surface area (Å²) in [5.74, 6) is -0.461. The van der Waals surface area contributed by atoms with Crippen molar-refractivity contribution >= 4 is 5.97 Å². The van der Waals surface area contributed by atoms with E-state index in [0.717, 1.165) is 38.0 Å². The van der Waals surface area contributed by atoms with E-state index in [0.29, 0.717) is 23.8 Å². The molecule has 0 aromatic heterocycles. The van der Waals surface area contributed by atoms with Crippen molar-refractivity contribution in [1.82, 2.24) is 0 Å². The third kappa shape index (κ3) is 9.14. The van der Waals surface area contributed by atoms with Crippen molar-refractivity contribution in [1.29, 1.82) is 0 Å². The molecule has 0 saturated heterocycles. The van der Waals surface area contributed by atoms with Crippen LogP contribution in [0.1, 0.15) is 145 Å². The molecule has 2 aliphatic rings. The van der Waals surface area contributed by atoms with E-state index >= 15 is 0 Å². The Morgan fingerprint density at radius 3 is 1.86 bits per heavy atom. The molecule has 0 aliphatic heterocycles. The Hall–Kier alpha value is -1.45. The van der Waals surface area contributed by atoms with Crippen molar-refractivity contribution in [2.45, 2.75) is 142 Å². The van der Waals surface area contributed by atoms with Gasteiger partial charge in [-0.05, 0) is 67.9 Å². The number of aryl methyl sites for hydroxylation is 1. The van der Waals surface area contributed by atoms with E-state index in [1.807, 2.05) is 0 Å². The molecule has 0 atom stereocenters. The van der Waals surface area contributed by atoms with Gasteiger partial charge in [0, 0.05) is 0 Å². The first-order valence-corrected chi connectivity index (χ1v) is 15.2. The number of halogens is 2. The van der Waals surface area contributed by atoms with Gasteiger partial charge in [-0.3, -0.25) is 0 Å². The maximum Gasteiger partial charge on any atom is 0.341 e. The Bertz CT molecular complexity index is 777. The molecule has 0 bridgehead atoms. The normalized spacial score (nSPS) is 24.6. The van der Waals surface area contributed by atoms with Gasteiger partial charge in [-0.25, -0.2) is 13.6 Å². The third-order valence-corrected chi connectivity index (χ3v) is 8.92. The molecule has 2 saturated carbocycles. The van der Waals surface area contributed by atoms with Gasteiger partial charge in [0.1, 0.15) is 6.10 Å². The SMILES string of the molecule is CCCCCC[C@H]1CC[C@H](OC(=O)c2ccc(CC[C@H]3CC[C@H](CCCCC)CC3)c(F)c2F)CC1. The number of carbonyl (C=O) groups excluding carboxylic acids is 1. The van der Waals surface area contributed by atoms with Crippen LogP contribution in [0.4, 0.5) is 8.78 Å². The smallest absolute Gasteiger partial charge is 0.341 e. The Labute approximate surface area is 219 Å². The molecule has 4 heteroatoms. The molecule has 1 aromatic carbocycles. The number of ether oxygens (including phenoxy) is 1. The minimum absolute atomic E-state index is 0.177. The van der Waals surface area contributed by atoms with Gasteiger partial charge in [0.15, 0.2) is 11.6 Å². The van der Waals surface area contributed by atoms with Gasteiger partial charge in [-0.2, -0.15) is 0 Å². The number of rotatable bonds is 14. The Kier molecular flexibility index (Phi) is 12.7. The number of esters is 1. The summed E-state index contributed by atoms with van der Waals surface area (Å²) in [4.78, 5) is 12.6. The van der Waals surface area contributed by atoms with Gasteiger partial charge in [-0.1, -0.05) is 103 Å². The lowest BCUT2D eigenvalue weighted by Gasteiger charge is -2.29. The number of hydrogen-bond donors (Lipinski definition) is 0. The zero-order valence-electron chi connectivity index (χ0n) is 23.0. The van der Waals surface area contributed by atoms with Gasteiger partial charge in [0.25, 0.3) is 0 Å². The molecule has 3 rings (SSSR count). The maximum absolute atomic E-state index is 14.8. The van der Waals surface area contributed by atoms with Crippen LogP contribution in [-0.2, 0) is 11.2 Å². The topological polar surface area (TPSA) is 26.3 Å². The lowest BCUT2D eigenvalue weighted by Crippen LogP contribution is -2.25. The van der Waals surface area contributed by atoms with Crippen LogP contribution in [0.3, 0.4) is 0 Å². The van der Waals surface area contributed by atoms with E-state index in [9.17, 15) is 13.6 Å². The van der Waals surface area contributed by atoms with Crippen molar-refractivity contribution < 1.29 is 18.3 Å². The molecule has 0 radical (unpaired) electrons. The zero-order valence-corrected chi connectivity index (χ0v) is 23.0. The molecule has 0 N–H and O–H groups in total. The van der Waals surface area contributed by atoms with E-state index in [-0.39, 0.29) is 11.7 Å². The first kappa shape index (κ1) is 29.1. The highest BCUT2D eigenvalue weighted by atomic mass is 19.2. The van der Waals surface area contributed by atoms with Crippen LogP contribution in [-0.4, -0.2) is 12.1 Å². The van der Waals surface area contributed by atoms with E-state index in [2.05, 4.69) is 13.8 Å². The second-order valence-electron chi connectivity index (χ2n) is 11.7. The molecule has 2 fully saturated rings. The highest BCUT2D eigenvalue weighted by Crippen LogP contribution is 2.35. The lowest BCUT2D eigenvalue weighted by molar-refractivity contribution is 0.0155. The summed E-state index contributed by atoms with van der Waals surface area (Å²) in [6.07, 6.45) is 21.6. The van der Waals surface area contributed by atoms with Crippen LogP contribution >= 0.6 is 0 Å². The minimum Gasteiger partial charge on any atom is -0.459 e. The summed E-state index contributed by atoms with van der Waals surface area (Å²) >= 11 is 0. The second kappa shape index (κ2) is 15.7. The molecule has 2 nitrogen and oxygen atoms in total. The predicted molar refractivity (Wildman–Crippen MR) is 144 cm³/mol. The summed E-state index contributed by atoms with van der Waals surface area (Å²) in [5.41, 5.74) is 0.128. The summed E-state index contributed by atoms with van der Waals surface area (Å²) in [7, 11) is 0. The average molecular weight is 505 g/mol. The fourth-order valence-corrected chi connectivity index (χ4v) is 6.40. The van der Waals surface area contributed by atoms with Gasteiger partial charge in [0.05, 0.1) is 5.56 Å². The maximum atomic E-state index is 14.8. The van der Waals surface area contributed by atoms with Crippen molar-refractivity contribution in [2.24, 2.45) is 17.8 Å². The average Bonchev–Trinajstić information content (AvgIpc) is 2.89. The number of carbonyl (C=O) groups is 1. The zero-order chi connectivity index (χ0) is 25.8. The summed E-state index contributed by atoms with van der Waals surface area (Å²) in [6, 6.07) is 3.03. The molecule has 1 aromatic rings. The summed E-state index contributed by atoms with van der Waals surface area (Å²) in [5, 5.41) is 0. The third-order valence-electron chi connectivity index (χ3n) is 8.92. The monoisotopic (exact) mass is 504 g/mol. The van der Waals surface area contributed by atoms with Crippen molar-refractivity contribution in [2.75, 3.05) is 0 Å². The van der Waals surface area contributed by atoms with Gasteiger partial charge >= 0.3 is 5.97 Å². The molecule has 0 spiro atoms. The van der Waals surface area contributed by atoms with Crippen LogP contribution < -0.4 is 0 Å². The van der Waals surface area contributed by atoms with Crippen molar-refractivity contribution in [3.63, 3.8) is 0 Å². The molecular formula is C32H50F2O2. The number of benzene rings is 1. The fourth-order valence-electron chi connectivity index (χ4n) is 6.40. The molecule has 2 aliphatic carbocycles. The molecule has 204 valence electrons. The molecular weight excluding hydrogens is 454 g/mol.